The third-order valence-electron chi connectivity index (χ3n) is 4.77. The van der Waals surface area contributed by atoms with Crippen molar-refractivity contribution in [1.29, 1.82) is 0 Å². The summed E-state index contributed by atoms with van der Waals surface area (Å²) < 4.78 is 128. The van der Waals surface area contributed by atoms with Crippen molar-refractivity contribution in [3.05, 3.63) is 58.1 Å². The van der Waals surface area contributed by atoms with Crippen LogP contribution in [0.2, 0.25) is 0 Å². The number of sulfonamides is 1. The molecule has 0 aliphatic rings. The van der Waals surface area contributed by atoms with E-state index in [0.717, 1.165) is 6.07 Å². The number of nitrogens with one attached hydrogen (secondary N) is 1. The van der Waals surface area contributed by atoms with Crippen LogP contribution in [0.15, 0.2) is 62.0 Å². The van der Waals surface area contributed by atoms with Crippen LogP contribution in [0, 0.1) is 17.0 Å². The fourth-order valence-electron chi connectivity index (χ4n) is 3.38. The Morgan fingerprint density at radius 2 is 1.39 bits per heavy atom. The summed E-state index contributed by atoms with van der Waals surface area (Å²) >= 11 is 0. The molecule has 3 aromatic rings. The Morgan fingerprint density at radius 1 is 0.806 bits per heavy atom. The van der Waals surface area contributed by atoms with Crippen LogP contribution in [0.25, 0.3) is 10.8 Å². The Balaban J connectivity index is 2.51. The van der Waals surface area contributed by atoms with Crippen LogP contribution in [-0.4, -0.2) is 52.3 Å². The van der Waals surface area contributed by atoms with Crippen molar-refractivity contribution in [1.82, 2.24) is 0 Å². The van der Waals surface area contributed by atoms with Gasteiger partial charge in [-0.3, -0.25) is 28.5 Å². The van der Waals surface area contributed by atoms with Crippen molar-refractivity contribution in [3.63, 3.8) is 0 Å². The normalized spacial score (nSPS) is 13.0. The number of nitro groups is 1. The van der Waals surface area contributed by atoms with Crippen LogP contribution in [0.3, 0.4) is 0 Å². The molecular formula is C17H14N2O13S4. The molecule has 0 unspecified atom stereocenters. The van der Waals surface area contributed by atoms with Crippen LogP contribution in [0.4, 0.5) is 11.4 Å². The third-order valence-corrected chi connectivity index (χ3v) is 8.94. The van der Waals surface area contributed by atoms with Gasteiger partial charge >= 0.3 is 0 Å². The molecule has 0 saturated heterocycles. The van der Waals surface area contributed by atoms with E-state index in [1.165, 1.54) is 19.1 Å². The Kier molecular flexibility index (Phi) is 6.64. The second-order valence-electron chi connectivity index (χ2n) is 7.17. The molecule has 0 saturated carbocycles. The summed E-state index contributed by atoms with van der Waals surface area (Å²) in [4.78, 5) is 5.86. The van der Waals surface area contributed by atoms with E-state index in [2.05, 4.69) is 0 Å². The summed E-state index contributed by atoms with van der Waals surface area (Å²) in [6.45, 7) is 1.23. The molecule has 0 spiro atoms. The van der Waals surface area contributed by atoms with Crippen LogP contribution < -0.4 is 4.72 Å². The summed E-state index contributed by atoms with van der Waals surface area (Å²) in [5.41, 5.74) is -1.73. The van der Waals surface area contributed by atoms with E-state index in [4.69, 9.17) is 0 Å². The lowest BCUT2D eigenvalue weighted by Crippen LogP contribution is -2.17. The smallest absolute Gasteiger partial charge is 0.282 e. The Morgan fingerprint density at radius 3 is 1.89 bits per heavy atom. The number of rotatable bonds is 7. The lowest BCUT2D eigenvalue weighted by atomic mass is 10.1. The maximum atomic E-state index is 13.1. The molecule has 4 N–H and O–H groups in total. The minimum atomic E-state index is -5.44. The number of benzene rings is 3. The molecule has 0 aromatic heterocycles. The SMILES string of the molecule is Cc1cccc([N+](=O)[O-])c1S(=O)(=O)Nc1ccc(S(=O)(=O)O)c2cc(S(=O)(=O)O)cc(S(=O)(=O)O)c12. The van der Waals surface area contributed by atoms with Gasteiger partial charge in [0.1, 0.15) is 9.79 Å². The third kappa shape index (κ3) is 5.16. The summed E-state index contributed by atoms with van der Waals surface area (Å²) in [5.74, 6) is 0. The minimum Gasteiger partial charge on any atom is -0.282 e. The number of nitro benzene ring substituents is 1. The summed E-state index contributed by atoms with van der Waals surface area (Å²) in [6.07, 6.45) is 0. The van der Waals surface area contributed by atoms with Crippen LogP contribution >= 0.6 is 0 Å². The molecule has 3 aromatic carbocycles. The number of fused-ring (bicyclic) bond motifs is 1. The lowest BCUT2D eigenvalue weighted by Gasteiger charge is -2.16. The van der Waals surface area contributed by atoms with Gasteiger partial charge in [-0.2, -0.15) is 25.3 Å². The summed E-state index contributed by atoms with van der Waals surface area (Å²) in [7, 11) is -20.8. The highest BCUT2D eigenvalue weighted by Gasteiger charge is 2.31. The fourth-order valence-corrected chi connectivity index (χ4v) is 6.90. The quantitative estimate of drug-likeness (QED) is 0.176. The zero-order chi connectivity index (χ0) is 27.4. The number of anilines is 1. The molecule has 19 heteroatoms. The van der Waals surface area contributed by atoms with Crippen molar-refractivity contribution in [2.45, 2.75) is 26.5 Å². The first-order valence-electron chi connectivity index (χ1n) is 9.05. The van der Waals surface area contributed by atoms with Crippen LogP contribution in [-0.2, 0) is 40.4 Å². The molecule has 0 aliphatic carbocycles. The molecule has 3 rings (SSSR count). The maximum Gasteiger partial charge on any atom is 0.295 e. The lowest BCUT2D eigenvalue weighted by molar-refractivity contribution is -0.387. The van der Waals surface area contributed by atoms with E-state index in [-0.39, 0.29) is 11.6 Å². The second-order valence-corrected chi connectivity index (χ2v) is 13.0. The van der Waals surface area contributed by atoms with Gasteiger partial charge in [0.2, 0.25) is 0 Å². The Bertz CT molecular complexity index is 1880. The maximum absolute atomic E-state index is 13.1. The predicted molar refractivity (Wildman–Crippen MR) is 122 cm³/mol. The molecular weight excluding hydrogens is 568 g/mol. The summed E-state index contributed by atoms with van der Waals surface area (Å²) in [6, 6.07) is 5.17. The van der Waals surface area contributed by atoms with Gasteiger partial charge in [0.25, 0.3) is 46.1 Å². The van der Waals surface area contributed by atoms with Gasteiger partial charge in [-0.1, -0.05) is 12.1 Å². The zero-order valence-electron chi connectivity index (χ0n) is 17.5. The first kappa shape index (κ1) is 27.4. The number of hydrogen-bond acceptors (Lipinski definition) is 10. The van der Waals surface area contributed by atoms with Crippen molar-refractivity contribution >= 4 is 62.5 Å². The molecule has 15 nitrogen and oxygen atoms in total. The van der Waals surface area contributed by atoms with E-state index in [9.17, 15) is 57.4 Å². The first-order valence-corrected chi connectivity index (χ1v) is 14.9. The number of nitrogens with zero attached hydrogens (tertiary/aromatic N) is 1. The van der Waals surface area contributed by atoms with Gasteiger partial charge in [0, 0.05) is 16.8 Å². The molecule has 0 bridgehead atoms. The average Bonchev–Trinajstić information content (AvgIpc) is 2.70. The summed E-state index contributed by atoms with van der Waals surface area (Å²) in [5, 5.41) is 9.52. The van der Waals surface area contributed by atoms with Gasteiger partial charge in [-0.15, -0.1) is 0 Å². The molecule has 0 amide bonds. The zero-order valence-corrected chi connectivity index (χ0v) is 20.8. The highest BCUT2D eigenvalue weighted by Crippen LogP contribution is 2.38. The van der Waals surface area contributed by atoms with Gasteiger partial charge in [0.05, 0.1) is 15.5 Å². The standard InChI is InChI=1S/C17H14N2O13S4/c1-9-3-2-4-13(19(20)21)17(9)33(22,23)18-12-5-6-14(35(27,28)29)11-7-10(34(24,25)26)8-15(16(11)12)36(30,31)32/h2-8,18H,1H3,(H,24,25,26)(H,27,28,29)(H,30,31,32). The largest absolute Gasteiger partial charge is 0.295 e. The van der Waals surface area contributed by atoms with Gasteiger partial charge in [-0.25, -0.2) is 8.42 Å². The minimum absolute atomic E-state index is 0.0979. The fraction of sp³-hybridized carbons (Fsp3) is 0.0588. The predicted octanol–water partition coefficient (Wildman–Crippen LogP) is 1.60. The van der Waals surface area contributed by atoms with E-state index in [0.29, 0.717) is 18.2 Å². The Labute approximate surface area is 203 Å². The van der Waals surface area contributed by atoms with Crippen LogP contribution in [0.5, 0.6) is 0 Å². The second kappa shape index (κ2) is 8.73. The average molecular weight is 583 g/mol. The van der Waals surface area contributed by atoms with Gasteiger partial charge < -0.3 is 0 Å². The number of hydrogen-bond donors (Lipinski definition) is 4. The molecule has 0 heterocycles. The molecule has 0 fully saturated rings. The van der Waals surface area contributed by atoms with E-state index in [1.54, 1.807) is 0 Å². The van der Waals surface area contributed by atoms with E-state index >= 15 is 0 Å². The first-order chi connectivity index (χ1) is 16.2. The molecule has 0 radical (unpaired) electrons. The van der Waals surface area contributed by atoms with Crippen molar-refractivity contribution in [3.8, 4) is 0 Å². The van der Waals surface area contributed by atoms with E-state index in [1.807, 2.05) is 4.72 Å². The topological polar surface area (TPSA) is 252 Å². The molecule has 194 valence electrons. The van der Waals surface area contributed by atoms with Gasteiger partial charge in [-0.05, 0) is 36.8 Å². The number of aryl methyl sites for hydroxylation is 1. The highest BCUT2D eigenvalue weighted by atomic mass is 32.2. The van der Waals surface area contributed by atoms with Crippen molar-refractivity contribution in [2.24, 2.45) is 0 Å². The molecule has 0 atom stereocenters. The monoisotopic (exact) mass is 582 g/mol. The van der Waals surface area contributed by atoms with Crippen LogP contribution in [0.1, 0.15) is 5.56 Å². The van der Waals surface area contributed by atoms with Gasteiger partial charge in [0.15, 0.2) is 4.90 Å². The van der Waals surface area contributed by atoms with E-state index < -0.39 is 87.0 Å². The molecule has 36 heavy (non-hydrogen) atoms. The van der Waals surface area contributed by atoms with Crippen molar-refractivity contribution in [2.75, 3.05) is 4.72 Å². The highest BCUT2D eigenvalue weighted by molar-refractivity contribution is 7.93. The Hall–Kier alpha value is -3.20. The molecule has 0 aliphatic heterocycles. The van der Waals surface area contributed by atoms with Crippen molar-refractivity contribution < 1.29 is 52.3 Å².